The Morgan fingerprint density at radius 3 is 1.57 bits per heavy atom. The first kappa shape index (κ1) is 38.3. The molecule has 5 nitrogen and oxygen atoms in total. The number of hydrogen-bond acceptors (Lipinski definition) is 5. The highest BCUT2D eigenvalue weighted by atomic mass is 28.4. The van der Waals surface area contributed by atoms with Crippen molar-refractivity contribution in [2.75, 3.05) is 19.8 Å². The highest BCUT2D eigenvalue weighted by Gasteiger charge is 2.37. The molecule has 0 aliphatic heterocycles. The van der Waals surface area contributed by atoms with Gasteiger partial charge in [0, 0.05) is 6.61 Å². The lowest BCUT2D eigenvalue weighted by Crippen LogP contribution is -2.43. The summed E-state index contributed by atoms with van der Waals surface area (Å²) in [5.41, 5.74) is 1.77. The minimum Gasteiger partial charge on any atom is -0.414 e. The van der Waals surface area contributed by atoms with Crippen molar-refractivity contribution in [3.05, 3.63) is 34.9 Å². The van der Waals surface area contributed by atoms with Crippen molar-refractivity contribution < 1.29 is 13.9 Å². The molecule has 0 fully saturated rings. The first-order valence-corrected chi connectivity index (χ1v) is 19.8. The van der Waals surface area contributed by atoms with Crippen molar-refractivity contribution in [3.8, 4) is 12.1 Å². The van der Waals surface area contributed by atoms with E-state index in [-0.39, 0.29) is 11.1 Å². The molecule has 42 heavy (non-hydrogen) atoms. The second-order valence-corrected chi connectivity index (χ2v) is 18.3. The van der Waals surface area contributed by atoms with Crippen LogP contribution in [0.1, 0.15) is 147 Å². The molecule has 0 saturated carbocycles. The third-order valence-corrected chi connectivity index (χ3v) is 13.1. The molecule has 0 unspecified atom stereocenters. The lowest BCUT2D eigenvalue weighted by molar-refractivity contribution is -0.0476. The molecule has 6 heteroatoms. The first-order valence-electron chi connectivity index (χ1n) is 16.9. The maximum absolute atomic E-state index is 9.29. The summed E-state index contributed by atoms with van der Waals surface area (Å²) in [6, 6.07) is 9.42. The third kappa shape index (κ3) is 18.1. The van der Waals surface area contributed by atoms with E-state index >= 15 is 0 Å². The molecule has 0 amide bonds. The van der Waals surface area contributed by atoms with Crippen molar-refractivity contribution >= 4 is 8.32 Å². The van der Waals surface area contributed by atoms with Crippen molar-refractivity contribution in [2.24, 2.45) is 0 Å². The third-order valence-electron chi connectivity index (χ3n) is 8.62. The predicted molar refractivity (Wildman–Crippen MR) is 178 cm³/mol. The molecular weight excluding hydrogens is 536 g/mol. The van der Waals surface area contributed by atoms with Gasteiger partial charge in [0.05, 0.1) is 43.1 Å². The van der Waals surface area contributed by atoms with Crippen LogP contribution in [0.25, 0.3) is 0 Å². The molecule has 0 saturated heterocycles. The fourth-order valence-corrected chi connectivity index (χ4v) is 5.78. The summed E-state index contributed by atoms with van der Waals surface area (Å²) < 4.78 is 18.7. The fraction of sp³-hybridized carbons (Fsp3) is 0.778. The molecule has 0 heterocycles. The lowest BCUT2D eigenvalue weighted by Gasteiger charge is -2.37. The monoisotopic (exact) mass is 598 g/mol. The van der Waals surface area contributed by atoms with Crippen LogP contribution in [-0.2, 0) is 20.5 Å². The standard InChI is InChI=1S/C36H62N2O3Si/c1-7-8-9-10-11-12-13-14-15-16-17-18-19-20-21-22-23-39-30-35(31-41-42(5,6)36(2,3)4)40-29-34-25-32(27-37)24-33(26-34)28-38/h24-26,35H,7-23,29-31H2,1-6H3/t35-/m1/s1. The van der Waals surface area contributed by atoms with Gasteiger partial charge >= 0.3 is 0 Å². The van der Waals surface area contributed by atoms with E-state index in [9.17, 15) is 10.5 Å². The molecule has 0 aliphatic rings. The van der Waals surface area contributed by atoms with E-state index in [0.29, 0.717) is 30.9 Å². The van der Waals surface area contributed by atoms with Crippen LogP contribution in [0.5, 0.6) is 0 Å². The Labute approximate surface area is 260 Å². The van der Waals surface area contributed by atoms with E-state index in [1.165, 1.54) is 96.3 Å². The van der Waals surface area contributed by atoms with Crippen LogP contribution >= 0.6 is 0 Å². The Balaban J connectivity index is 2.27. The van der Waals surface area contributed by atoms with Gasteiger partial charge in [0.15, 0.2) is 8.32 Å². The Kier molecular flexibility index (Phi) is 20.8. The maximum Gasteiger partial charge on any atom is 0.192 e. The number of rotatable bonds is 25. The second kappa shape index (κ2) is 22.8. The SMILES string of the molecule is CCCCCCCCCCCCCCCCCCOC[C@H](CO[Si](C)(C)C(C)(C)C)OCc1cc(C#N)cc(C#N)c1. The number of nitrogens with zero attached hydrogens (tertiary/aromatic N) is 2. The van der Waals surface area contributed by atoms with E-state index in [4.69, 9.17) is 13.9 Å². The molecule has 0 bridgehead atoms. The van der Waals surface area contributed by atoms with E-state index in [1.54, 1.807) is 18.2 Å². The minimum absolute atomic E-state index is 0.120. The number of ether oxygens (including phenoxy) is 2. The summed E-state index contributed by atoms with van der Waals surface area (Å²) in [7, 11) is -1.92. The van der Waals surface area contributed by atoms with Crippen molar-refractivity contribution in [1.29, 1.82) is 10.5 Å². The highest BCUT2D eigenvalue weighted by Crippen LogP contribution is 2.36. The normalized spacial score (nSPS) is 12.7. The topological polar surface area (TPSA) is 75.3 Å². The Bertz CT molecular complexity index is 881. The van der Waals surface area contributed by atoms with E-state index in [2.05, 4.69) is 52.9 Å². The number of nitriles is 2. The average molecular weight is 599 g/mol. The number of unbranched alkanes of at least 4 members (excludes halogenated alkanes) is 15. The molecule has 0 aromatic heterocycles. The van der Waals surface area contributed by atoms with E-state index in [1.807, 2.05) is 0 Å². The summed E-state index contributed by atoms with van der Waals surface area (Å²) in [6.45, 7) is 15.5. The zero-order chi connectivity index (χ0) is 31.1. The van der Waals surface area contributed by atoms with Crippen LogP contribution in [-0.4, -0.2) is 34.2 Å². The Morgan fingerprint density at radius 1 is 0.690 bits per heavy atom. The lowest BCUT2D eigenvalue weighted by atomic mass is 10.0. The van der Waals surface area contributed by atoms with E-state index < -0.39 is 8.32 Å². The minimum atomic E-state index is -1.92. The molecule has 0 spiro atoms. The summed E-state index contributed by atoms with van der Waals surface area (Å²) in [5.74, 6) is 0. The molecule has 1 atom stereocenters. The zero-order valence-electron chi connectivity index (χ0n) is 28.1. The van der Waals surface area contributed by atoms with Gasteiger partial charge in [0.2, 0.25) is 0 Å². The van der Waals surface area contributed by atoms with Gasteiger partial charge < -0.3 is 13.9 Å². The molecule has 1 rings (SSSR count). The Hall–Kier alpha value is -1.70. The quantitative estimate of drug-likeness (QED) is 0.0826. The van der Waals surface area contributed by atoms with Crippen molar-refractivity contribution in [3.63, 3.8) is 0 Å². The number of hydrogen-bond donors (Lipinski definition) is 0. The van der Waals surface area contributed by atoms with Gasteiger partial charge in [0.1, 0.15) is 6.10 Å². The van der Waals surface area contributed by atoms with Gasteiger partial charge in [-0.2, -0.15) is 10.5 Å². The van der Waals surface area contributed by atoms with Gasteiger partial charge in [-0.25, -0.2) is 0 Å². The smallest absolute Gasteiger partial charge is 0.192 e. The second-order valence-electron chi connectivity index (χ2n) is 13.5. The number of benzene rings is 1. The Morgan fingerprint density at radius 2 is 1.14 bits per heavy atom. The largest absolute Gasteiger partial charge is 0.414 e. The van der Waals surface area contributed by atoms with Gasteiger partial charge in [0.25, 0.3) is 0 Å². The fourth-order valence-electron chi connectivity index (χ4n) is 4.75. The molecule has 0 aliphatic carbocycles. The molecular formula is C36H62N2O3Si. The molecule has 1 aromatic rings. The molecule has 0 radical (unpaired) electrons. The van der Waals surface area contributed by atoms with Crippen LogP contribution in [0.15, 0.2) is 18.2 Å². The highest BCUT2D eigenvalue weighted by molar-refractivity contribution is 6.74. The van der Waals surface area contributed by atoms with Crippen molar-refractivity contribution in [1.82, 2.24) is 0 Å². The van der Waals surface area contributed by atoms with Crippen LogP contribution in [0.2, 0.25) is 18.1 Å². The van der Waals surface area contributed by atoms with Crippen LogP contribution in [0.3, 0.4) is 0 Å². The van der Waals surface area contributed by atoms with Gasteiger partial charge in [-0.15, -0.1) is 0 Å². The zero-order valence-corrected chi connectivity index (χ0v) is 29.1. The van der Waals surface area contributed by atoms with Gasteiger partial charge in [-0.05, 0) is 48.3 Å². The van der Waals surface area contributed by atoms with Gasteiger partial charge in [-0.1, -0.05) is 124 Å². The van der Waals surface area contributed by atoms with Crippen molar-refractivity contribution in [2.45, 2.75) is 161 Å². The van der Waals surface area contributed by atoms with Crippen LogP contribution in [0.4, 0.5) is 0 Å². The average Bonchev–Trinajstić information content (AvgIpc) is 2.96. The summed E-state index contributed by atoms with van der Waals surface area (Å²) in [5, 5.41) is 18.7. The molecule has 1 aromatic carbocycles. The summed E-state index contributed by atoms with van der Waals surface area (Å²) in [4.78, 5) is 0. The maximum atomic E-state index is 9.29. The van der Waals surface area contributed by atoms with E-state index in [0.717, 1.165) is 18.6 Å². The van der Waals surface area contributed by atoms with Crippen LogP contribution in [0, 0.1) is 22.7 Å². The van der Waals surface area contributed by atoms with Gasteiger partial charge in [-0.3, -0.25) is 0 Å². The molecule has 238 valence electrons. The summed E-state index contributed by atoms with van der Waals surface area (Å²) in [6.07, 6.45) is 21.6. The molecule has 0 N–H and O–H groups in total. The van der Waals surface area contributed by atoms with Crippen LogP contribution < -0.4 is 0 Å². The summed E-state index contributed by atoms with van der Waals surface area (Å²) >= 11 is 0. The predicted octanol–water partition coefficient (Wildman–Crippen LogP) is 10.6. The first-order chi connectivity index (χ1) is 20.1.